The van der Waals surface area contributed by atoms with Crippen molar-refractivity contribution in [1.82, 2.24) is 9.97 Å². The average molecular weight is 476 g/mol. The van der Waals surface area contributed by atoms with Gasteiger partial charge in [0.15, 0.2) is 0 Å². The highest BCUT2D eigenvalue weighted by Gasteiger charge is 2.02. The first-order chi connectivity index (χ1) is 18.3. The Morgan fingerprint density at radius 1 is 0.568 bits per heavy atom. The summed E-state index contributed by atoms with van der Waals surface area (Å²) < 4.78 is 0. The number of anilines is 1. The van der Waals surface area contributed by atoms with Gasteiger partial charge in [0.05, 0.1) is 5.69 Å². The number of benzene rings is 3. The van der Waals surface area contributed by atoms with Gasteiger partial charge in [0.1, 0.15) is 6.29 Å². The first kappa shape index (κ1) is 23.3. The molecule has 0 saturated heterocycles. The molecular formula is C33H21N3O. The Hall–Kier alpha value is -5.45. The number of aromatic nitrogens is 2. The van der Waals surface area contributed by atoms with Crippen LogP contribution in [0.3, 0.4) is 0 Å². The Balaban J connectivity index is 1.41. The molecule has 4 nitrogen and oxygen atoms in total. The number of carbonyl (C=O) groups excluding carboxylic acids is 1. The van der Waals surface area contributed by atoms with Gasteiger partial charge in [-0.1, -0.05) is 36.4 Å². The maximum absolute atomic E-state index is 11.1. The lowest BCUT2D eigenvalue weighted by atomic mass is 10.1. The molecule has 5 aromatic rings. The molecule has 2 heterocycles. The van der Waals surface area contributed by atoms with Crippen molar-refractivity contribution in [3.63, 3.8) is 0 Å². The molecule has 37 heavy (non-hydrogen) atoms. The molecular weight excluding hydrogens is 454 g/mol. The molecule has 5 rings (SSSR count). The second kappa shape index (κ2) is 11.3. The second-order valence-corrected chi connectivity index (χ2v) is 8.16. The van der Waals surface area contributed by atoms with E-state index in [1.807, 2.05) is 97.3 Å². The standard InChI is InChI=1S/C33H21N3O/c37-25-28-9-15-33(16-10-28)36(21-17-26-5-11-29(12-6-26)31-3-1-19-34-23-31)22-18-27-7-13-30(14-8-27)32-4-2-20-35-24-32/h1-16,19-20,23-25H. The van der Waals surface area contributed by atoms with Crippen molar-refractivity contribution >= 4 is 12.0 Å². The highest BCUT2D eigenvalue weighted by atomic mass is 16.1. The summed E-state index contributed by atoms with van der Waals surface area (Å²) in [6, 6.07) is 37.4. The van der Waals surface area contributed by atoms with Crippen molar-refractivity contribution in [3.8, 4) is 46.2 Å². The van der Waals surface area contributed by atoms with E-state index in [0.29, 0.717) is 5.56 Å². The largest absolute Gasteiger partial charge is 0.298 e. The normalized spacial score (nSPS) is 9.84. The highest BCUT2D eigenvalue weighted by Crippen LogP contribution is 2.20. The zero-order valence-corrected chi connectivity index (χ0v) is 19.9. The van der Waals surface area contributed by atoms with Gasteiger partial charge in [-0.2, -0.15) is 0 Å². The van der Waals surface area contributed by atoms with E-state index in [9.17, 15) is 4.79 Å². The maximum Gasteiger partial charge on any atom is 0.150 e. The first-order valence-corrected chi connectivity index (χ1v) is 11.7. The van der Waals surface area contributed by atoms with Crippen molar-refractivity contribution in [1.29, 1.82) is 0 Å². The lowest BCUT2D eigenvalue weighted by molar-refractivity contribution is 0.112. The van der Waals surface area contributed by atoms with Crippen molar-refractivity contribution < 1.29 is 4.79 Å². The number of hydrogen-bond donors (Lipinski definition) is 0. The third-order valence-corrected chi connectivity index (χ3v) is 5.67. The Morgan fingerprint density at radius 2 is 1.05 bits per heavy atom. The Labute approximate surface area is 216 Å². The predicted molar refractivity (Wildman–Crippen MR) is 147 cm³/mol. The van der Waals surface area contributed by atoms with E-state index in [-0.39, 0.29) is 0 Å². The molecule has 3 aromatic carbocycles. The van der Waals surface area contributed by atoms with E-state index < -0.39 is 0 Å². The number of aldehydes is 1. The van der Waals surface area contributed by atoms with Gasteiger partial charge in [0.25, 0.3) is 0 Å². The molecule has 0 N–H and O–H groups in total. The second-order valence-electron chi connectivity index (χ2n) is 8.16. The minimum atomic E-state index is 0.599. The smallest absolute Gasteiger partial charge is 0.150 e. The number of pyridine rings is 2. The molecule has 0 aliphatic rings. The zero-order chi connectivity index (χ0) is 25.3. The van der Waals surface area contributed by atoms with E-state index >= 15 is 0 Å². The SMILES string of the molecule is O=Cc1ccc(N(C#Cc2ccc(-c3cccnc3)cc2)C#Cc2ccc(-c3cccnc3)cc2)cc1. The van der Waals surface area contributed by atoms with Crippen LogP contribution >= 0.6 is 0 Å². The molecule has 0 bridgehead atoms. The molecule has 0 spiro atoms. The summed E-state index contributed by atoms with van der Waals surface area (Å²) in [7, 11) is 0. The fourth-order valence-corrected chi connectivity index (χ4v) is 3.66. The van der Waals surface area contributed by atoms with E-state index in [0.717, 1.165) is 45.4 Å². The third-order valence-electron chi connectivity index (χ3n) is 5.67. The fourth-order valence-electron chi connectivity index (χ4n) is 3.66. The average Bonchev–Trinajstić information content (AvgIpc) is 2.99. The molecule has 0 saturated carbocycles. The molecule has 0 fully saturated rings. The molecule has 2 aromatic heterocycles. The Bertz CT molecular complexity index is 1500. The van der Waals surface area contributed by atoms with Crippen molar-refractivity contribution in [3.05, 3.63) is 139 Å². The van der Waals surface area contributed by atoms with Crippen LogP contribution in [-0.4, -0.2) is 16.3 Å². The lowest BCUT2D eigenvalue weighted by Crippen LogP contribution is -2.08. The van der Waals surface area contributed by atoms with Crippen LogP contribution in [0.25, 0.3) is 22.3 Å². The summed E-state index contributed by atoms with van der Waals surface area (Å²) in [6.45, 7) is 0. The van der Waals surface area contributed by atoms with Gasteiger partial charge >= 0.3 is 0 Å². The highest BCUT2D eigenvalue weighted by molar-refractivity contribution is 5.76. The van der Waals surface area contributed by atoms with Crippen LogP contribution < -0.4 is 4.90 Å². The summed E-state index contributed by atoms with van der Waals surface area (Å²) >= 11 is 0. The quantitative estimate of drug-likeness (QED) is 0.170. The van der Waals surface area contributed by atoms with Crippen LogP contribution in [0.5, 0.6) is 0 Å². The maximum atomic E-state index is 11.1. The lowest BCUT2D eigenvalue weighted by Gasteiger charge is -2.09. The van der Waals surface area contributed by atoms with Crippen LogP contribution in [0.15, 0.2) is 122 Å². The van der Waals surface area contributed by atoms with Crippen LogP contribution in [-0.2, 0) is 0 Å². The minimum absolute atomic E-state index is 0.599. The van der Waals surface area contributed by atoms with Crippen LogP contribution in [0.2, 0.25) is 0 Å². The van der Waals surface area contributed by atoms with E-state index in [4.69, 9.17) is 0 Å². The molecule has 0 radical (unpaired) electrons. The van der Waals surface area contributed by atoms with Gasteiger partial charge in [-0.3, -0.25) is 14.8 Å². The van der Waals surface area contributed by atoms with E-state index in [1.165, 1.54) is 0 Å². The number of rotatable bonds is 4. The summed E-state index contributed by atoms with van der Waals surface area (Å²) in [4.78, 5) is 21.1. The summed E-state index contributed by atoms with van der Waals surface area (Å²) in [5.41, 5.74) is 7.38. The number of carbonyl (C=O) groups is 1. The minimum Gasteiger partial charge on any atom is -0.298 e. The Kier molecular flexibility index (Phi) is 7.13. The molecule has 0 aliphatic heterocycles. The first-order valence-electron chi connectivity index (χ1n) is 11.7. The van der Waals surface area contributed by atoms with Gasteiger partial charge < -0.3 is 0 Å². The van der Waals surface area contributed by atoms with E-state index in [2.05, 4.69) is 33.9 Å². The van der Waals surface area contributed by atoms with Gasteiger partial charge in [0.2, 0.25) is 0 Å². The van der Waals surface area contributed by atoms with Crippen LogP contribution in [0, 0.1) is 23.9 Å². The van der Waals surface area contributed by atoms with Crippen molar-refractivity contribution in [2.75, 3.05) is 4.90 Å². The summed E-state index contributed by atoms with van der Waals surface area (Å²) in [5.74, 6) is 6.40. The molecule has 4 heteroatoms. The summed E-state index contributed by atoms with van der Waals surface area (Å²) in [6.07, 6.45) is 8.01. The van der Waals surface area contributed by atoms with Crippen molar-refractivity contribution in [2.45, 2.75) is 0 Å². The van der Waals surface area contributed by atoms with Gasteiger partial charge in [-0.15, -0.1) is 0 Å². The molecule has 0 unspecified atom stereocenters. The Morgan fingerprint density at radius 3 is 1.46 bits per heavy atom. The molecule has 0 aliphatic carbocycles. The van der Waals surface area contributed by atoms with Crippen LogP contribution in [0.4, 0.5) is 5.69 Å². The fraction of sp³-hybridized carbons (Fsp3) is 0. The van der Waals surface area contributed by atoms with Crippen molar-refractivity contribution in [2.24, 2.45) is 0 Å². The van der Waals surface area contributed by atoms with E-state index in [1.54, 1.807) is 29.4 Å². The molecule has 0 amide bonds. The molecule has 0 atom stereocenters. The number of nitrogens with zero attached hydrogens (tertiary/aromatic N) is 3. The zero-order valence-electron chi connectivity index (χ0n) is 19.9. The van der Waals surface area contributed by atoms with Gasteiger partial charge in [-0.05, 0) is 94.8 Å². The number of hydrogen-bond acceptors (Lipinski definition) is 4. The monoisotopic (exact) mass is 475 g/mol. The third kappa shape index (κ3) is 5.98. The van der Waals surface area contributed by atoms with Gasteiger partial charge in [-0.25, -0.2) is 4.90 Å². The topological polar surface area (TPSA) is 46.1 Å². The van der Waals surface area contributed by atoms with Gasteiger partial charge in [0, 0.05) is 53.6 Å². The summed E-state index contributed by atoms with van der Waals surface area (Å²) in [5, 5.41) is 0. The van der Waals surface area contributed by atoms with Crippen LogP contribution in [0.1, 0.15) is 21.5 Å². The molecule has 174 valence electrons. The predicted octanol–water partition coefficient (Wildman–Crippen LogP) is 6.45.